The quantitative estimate of drug-likeness (QED) is 0.365. The second kappa shape index (κ2) is 9.53. The van der Waals surface area contributed by atoms with Gasteiger partial charge in [0.25, 0.3) is 0 Å². The lowest BCUT2D eigenvalue weighted by Gasteiger charge is -2.42. The zero-order valence-electron chi connectivity index (χ0n) is 20.8. The van der Waals surface area contributed by atoms with Crippen LogP contribution in [0.1, 0.15) is 46.9 Å². The molecule has 0 unspecified atom stereocenters. The first-order chi connectivity index (χ1) is 18.0. The number of carbonyl (C=O) groups is 3. The zero-order chi connectivity index (χ0) is 27.5. The summed E-state index contributed by atoms with van der Waals surface area (Å²) in [5, 5.41) is 42.7. The summed E-state index contributed by atoms with van der Waals surface area (Å²) in [6.45, 7) is 0.614. The molecule has 2 aromatic rings. The number of benzene rings is 2. The summed E-state index contributed by atoms with van der Waals surface area (Å²) in [4.78, 5) is 40.3. The lowest BCUT2D eigenvalue weighted by atomic mass is 9.69. The van der Waals surface area contributed by atoms with Crippen molar-refractivity contribution in [3.63, 3.8) is 0 Å². The first kappa shape index (κ1) is 26.4. The number of phenols is 1. The van der Waals surface area contributed by atoms with Crippen molar-refractivity contribution >= 4 is 28.1 Å². The summed E-state index contributed by atoms with van der Waals surface area (Å²) in [5.74, 6) is -2.41. The number of ether oxygens (including phenoxy) is 3. The van der Waals surface area contributed by atoms with Crippen LogP contribution in [0.15, 0.2) is 35.4 Å². The number of aliphatic hydroxyl groups excluding tert-OH is 2. The number of methoxy groups -OCH3 is 1. The molecular weight excluding hydrogens is 498 g/mol. The average Bonchev–Trinajstić information content (AvgIpc) is 2.88. The largest absolute Gasteiger partial charge is 0.506 e. The van der Waals surface area contributed by atoms with Crippen LogP contribution in [0.2, 0.25) is 0 Å². The Bertz CT molecular complexity index is 1370. The molecule has 5 rings (SSSR count). The molecule has 2 aromatic carbocycles. The number of carbonyl (C=O) groups excluding carboxylic acids is 3. The van der Waals surface area contributed by atoms with Gasteiger partial charge in [-0.05, 0) is 24.4 Å². The number of nitrogens with two attached hydrogens (primary N) is 1. The van der Waals surface area contributed by atoms with Crippen LogP contribution in [-0.4, -0.2) is 87.7 Å². The molecule has 0 saturated carbocycles. The molecule has 0 spiro atoms. The molecule has 202 valence electrons. The number of Topliss-reactive ketones (excluding diaryl/α,β-unsaturated/α-hetero) is 3. The fourth-order valence-corrected chi connectivity index (χ4v) is 5.66. The van der Waals surface area contributed by atoms with Gasteiger partial charge in [-0.3, -0.25) is 14.4 Å². The third-order valence-corrected chi connectivity index (χ3v) is 7.68. The van der Waals surface area contributed by atoms with Gasteiger partial charge >= 0.3 is 0 Å². The number of ketones is 3. The minimum atomic E-state index is -2.18. The van der Waals surface area contributed by atoms with E-state index in [4.69, 9.17) is 19.9 Å². The molecule has 3 aliphatic rings. The molecule has 38 heavy (non-hydrogen) atoms. The Hall–Kier alpha value is -3.19. The topological polar surface area (TPSA) is 186 Å². The highest BCUT2D eigenvalue weighted by atomic mass is 16.7. The first-order valence-electron chi connectivity index (χ1n) is 12.3. The van der Waals surface area contributed by atoms with Gasteiger partial charge in [0.05, 0.1) is 36.4 Å². The Labute approximate surface area is 217 Å². The summed E-state index contributed by atoms with van der Waals surface area (Å²) in [5.41, 5.74) is 3.25. The molecule has 11 nitrogen and oxygen atoms in total. The summed E-state index contributed by atoms with van der Waals surface area (Å²) in [6.07, 6.45) is -4.89. The van der Waals surface area contributed by atoms with Crippen LogP contribution in [0.25, 0.3) is 10.8 Å². The highest BCUT2D eigenvalue weighted by molar-refractivity contribution is 6.30. The van der Waals surface area contributed by atoms with Gasteiger partial charge in [-0.25, -0.2) is 0 Å². The minimum absolute atomic E-state index is 0.0444. The number of hydrogen-bond donors (Lipinski definition) is 5. The van der Waals surface area contributed by atoms with E-state index in [1.54, 1.807) is 25.1 Å². The number of hydrogen-bond acceptors (Lipinski definition) is 11. The third-order valence-electron chi connectivity index (χ3n) is 7.68. The van der Waals surface area contributed by atoms with Crippen LogP contribution in [-0.2, 0) is 14.3 Å². The lowest BCUT2D eigenvalue weighted by molar-refractivity contribution is -0.239. The van der Waals surface area contributed by atoms with Gasteiger partial charge in [0.15, 0.2) is 23.6 Å². The predicted octanol–water partition coefficient (Wildman–Crippen LogP) is 0.524. The summed E-state index contributed by atoms with van der Waals surface area (Å²) in [6, 6.07) is 5.69. The molecule has 1 saturated heterocycles. The van der Waals surface area contributed by atoms with Crippen molar-refractivity contribution in [2.45, 2.75) is 62.4 Å². The number of aromatic hydroxyl groups is 1. The second-order valence-corrected chi connectivity index (χ2v) is 10.0. The Morgan fingerprint density at radius 1 is 1.26 bits per heavy atom. The van der Waals surface area contributed by atoms with E-state index in [1.165, 1.54) is 13.2 Å². The van der Waals surface area contributed by atoms with Gasteiger partial charge in [-0.2, -0.15) is 0 Å². The fourth-order valence-electron chi connectivity index (χ4n) is 5.66. The van der Waals surface area contributed by atoms with Crippen molar-refractivity contribution in [1.82, 2.24) is 0 Å². The van der Waals surface area contributed by atoms with Crippen molar-refractivity contribution in [2.24, 2.45) is 5.73 Å². The Morgan fingerprint density at radius 3 is 2.66 bits per heavy atom. The van der Waals surface area contributed by atoms with Gasteiger partial charge in [-0.1, -0.05) is 12.1 Å². The maximum atomic E-state index is 13.9. The first-order valence-corrected chi connectivity index (χ1v) is 12.3. The van der Waals surface area contributed by atoms with E-state index in [1.807, 2.05) is 0 Å². The zero-order valence-corrected chi connectivity index (χ0v) is 20.8. The molecule has 0 aromatic heterocycles. The molecule has 0 amide bonds. The molecule has 1 aliphatic heterocycles. The molecule has 0 bridgehead atoms. The molecule has 6 atom stereocenters. The molecule has 1 fully saturated rings. The SMILES string of the molecule is COc1cccc2cc3c(c(O)c12)C(=O)C1=C(C[C@@](O)(C(=O)CO)C[C@@H]1O[C@@H]1C[C@@H](N)[C@@H](O)[C@@H](C)O1)C3=O. The van der Waals surface area contributed by atoms with Crippen LogP contribution in [0.4, 0.5) is 0 Å². The summed E-state index contributed by atoms with van der Waals surface area (Å²) < 4.78 is 17.1. The maximum absolute atomic E-state index is 13.9. The Morgan fingerprint density at radius 2 is 2.00 bits per heavy atom. The minimum Gasteiger partial charge on any atom is -0.506 e. The van der Waals surface area contributed by atoms with Gasteiger partial charge in [0.1, 0.15) is 23.7 Å². The van der Waals surface area contributed by atoms with E-state index >= 15 is 0 Å². The number of aliphatic hydroxyl groups is 3. The molecule has 2 aliphatic carbocycles. The summed E-state index contributed by atoms with van der Waals surface area (Å²) in [7, 11) is 1.41. The molecule has 11 heteroatoms. The van der Waals surface area contributed by atoms with Crippen molar-refractivity contribution in [1.29, 1.82) is 0 Å². The Kier molecular flexibility index (Phi) is 6.62. The van der Waals surface area contributed by atoms with Crippen molar-refractivity contribution in [2.75, 3.05) is 13.7 Å². The standard InChI is InChI=1S/C27H29NO10/c1-11-23(31)15(28)7-19(37-11)38-17-9-27(35,18(30)10-29)8-14-21(17)26(34)22-13(24(14)32)6-12-4-3-5-16(36-2)20(12)25(22)33/h3-6,11,15,17,19,23,29,31,33,35H,7-10,28H2,1-2H3/t11-,15-,17+,19-,23+,27+/m1/s1. The van der Waals surface area contributed by atoms with E-state index in [9.17, 15) is 34.8 Å². The molecule has 6 N–H and O–H groups in total. The molecule has 1 heterocycles. The Balaban J connectivity index is 1.64. The van der Waals surface area contributed by atoms with Crippen LogP contribution in [0.3, 0.4) is 0 Å². The van der Waals surface area contributed by atoms with E-state index in [-0.39, 0.29) is 34.1 Å². The predicted molar refractivity (Wildman–Crippen MR) is 132 cm³/mol. The van der Waals surface area contributed by atoms with Gasteiger partial charge in [0.2, 0.25) is 0 Å². The second-order valence-electron chi connectivity index (χ2n) is 10.0. The van der Waals surface area contributed by atoms with Crippen molar-refractivity contribution < 1.29 is 49.0 Å². The smallest absolute Gasteiger partial charge is 0.196 e. The molecule has 0 radical (unpaired) electrons. The van der Waals surface area contributed by atoms with Crippen molar-refractivity contribution in [3.05, 3.63) is 46.5 Å². The fraction of sp³-hybridized carbons (Fsp3) is 0.444. The number of rotatable bonds is 5. The van der Waals surface area contributed by atoms with Crippen LogP contribution < -0.4 is 10.5 Å². The van der Waals surface area contributed by atoms with Crippen LogP contribution >= 0.6 is 0 Å². The van der Waals surface area contributed by atoms with Gasteiger partial charge < -0.3 is 40.4 Å². The monoisotopic (exact) mass is 527 g/mol. The summed E-state index contributed by atoms with van der Waals surface area (Å²) >= 11 is 0. The van der Waals surface area contributed by atoms with E-state index in [0.29, 0.717) is 11.1 Å². The lowest BCUT2D eigenvalue weighted by Crippen LogP contribution is -2.54. The van der Waals surface area contributed by atoms with Crippen LogP contribution in [0.5, 0.6) is 11.5 Å². The third kappa shape index (κ3) is 4.03. The van der Waals surface area contributed by atoms with Crippen LogP contribution in [0, 0.1) is 0 Å². The maximum Gasteiger partial charge on any atom is 0.196 e. The van der Waals surface area contributed by atoms with E-state index < -0.39 is 78.8 Å². The molecular formula is C27H29NO10. The average molecular weight is 528 g/mol. The number of fused-ring (bicyclic) bond motifs is 2. The van der Waals surface area contributed by atoms with E-state index in [2.05, 4.69) is 0 Å². The van der Waals surface area contributed by atoms with Gasteiger partial charge in [0, 0.05) is 42.0 Å². The highest BCUT2D eigenvalue weighted by Gasteiger charge is 2.51. The highest BCUT2D eigenvalue weighted by Crippen LogP contribution is 2.47. The van der Waals surface area contributed by atoms with Crippen molar-refractivity contribution in [3.8, 4) is 11.5 Å². The number of phenolic OH excluding ortho intramolecular Hbond substituents is 1. The normalized spacial score (nSPS) is 31.3. The van der Waals surface area contributed by atoms with E-state index in [0.717, 1.165) is 0 Å². The van der Waals surface area contributed by atoms with Gasteiger partial charge in [-0.15, -0.1) is 0 Å².